The number of ether oxygens (including phenoxy) is 1. The fourth-order valence-electron chi connectivity index (χ4n) is 3.47. The average Bonchev–Trinajstić information content (AvgIpc) is 3.16. The van der Waals surface area contributed by atoms with Crippen LogP contribution in [-0.2, 0) is 24.4 Å². The molecule has 0 unspecified atom stereocenters. The van der Waals surface area contributed by atoms with Crippen molar-refractivity contribution in [1.82, 2.24) is 14.9 Å². The van der Waals surface area contributed by atoms with E-state index in [9.17, 15) is 9.90 Å². The molecule has 1 atom stereocenters. The third kappa shape index (κ3) is 5.53. The van der Waals surface area contributed by atoms with E-state index in [1.54, 1.807) is 12.1 Å². The Kier molecular flexibility index (Phi) is 7.17. The van der Waals surface area contributed by atoms with Gasteiger partial charge in [0.25, 0.3) is 5.91 Å². The molecule has 0 spiro atoms. The summed E-state index contributed by atoms with van der Waals surface area (Å²) in [4.78, 5) is 17.1. The van der Waals surface area contributed by atoms with Crippen LogP contribution >= 0.6 is 11.6 Å². The van der Waals surface area contributed by atoms with Gasteiger partial charge < -0.3 is 19.7 Å². The lowest BCUT2D eigenvalue weighted by Gasteiger charge is -2.15. The Labute approximate surface area is 191 Å². The van der Waals surface area contributed by atoms with E-state index < -0.39 is 6.10 Å². The first kappa shape index (κ1) is 22.0. The number of carbonyl (C=O) groups is 1. The molecule has 1 heterocycles. The molecule has 32 heavy (non-hydrogen) atoms. The van der Waals surface area contributed by atoms with E-state index in [1.807, 2.05) is 71.3 Å². The van der Waals surface area contributed by atoms with Crippen molar-refractivity contribution in [2.45, 2.75) is 25.8 Å². The standard InChI is InChI=1S/C25H24ClN3O3/c26-20-12-10-18(11-13-20)16-32-17-21(30)15-29-23-9-5-4-8-22(23)28-24(29)14-27-25(31)19-6-2-1-3-7-19/h1-13,21,30H,14-17H2,(H,27,31)/t21-/m0/s1. The number of rotatable bonds is 9. The zero-order valence-corrected chi connectivity index (χ0v) is 18.2. The SMILES string of the molecule is O=C(NCc1nc2ccccc2n1C[C@H](O)COCc1ccc(Cl)cc1)c1ccccc1. The van der Waals surface area contributed by atoms with Crippen LogP contribution < -0.4 is 5.32 Å². The molecule has 0 aliphatic carbocycles. The molecule has 2 N–H and O–H groups in total. The van der Waals surface area contributed by atoms with E-state index in [0.717, 1.165) is 16.6 Å². The Morgan fingerprint density at radius 1 is 1.03 bits per heavy atom. The number of hydrogen-bond donors (Lipinski definition) is 2. The zero-order valence-electron chi connectivity index (χ0n) is 17.4. The first-order chi connectivity index (χ1) is 15.6. The number of fused-ring (bicyclic) bond motifs is 1. The number of aromatic nitrogens is 2. The Hall–Kier alpha value is -3.19. The Morgan fingerprint density at radius 3 is 2.53 bits per heavy atom. The van der Waals surface area contributed by atoms with Gasteiger partial charge in [-0.2, -0.15) is 0 Å². The number of imidazole rings is 1. The lowest BCUT2D eigenvalue weighted by molar-refractivity contribution is 0.0205. The molecule has 0 bridgehead atoms. The van der Waals surface area contributed by atoms with Crippen molar-refractivity contribution in [2.75, 3.05) is 6.61 Å². The number of halogens is 1. The smallest absolute Gasteiger partial charge is 0.251 e. The Balaban J connectivity index is 1.41. The highest BCUT2D eigenvalue weighted by Crippen LogP contribution is 2.17. The molecule has 0 saturated heterocycles. The first-order valence-corrected chi connectivity index (χ1v) is 10.8. The van der Waals surface area contributed by atoms with Crippen molar-refractivity contribution in [3.63, 3.8) is 0 Å². The molecular formula is C25H24ClN3O3. The van der Waals surface area contributed by atoms with Gasteiger partial charge in [0.2, 0.25) is 0 Å². The number of nitrogens with zero attached hydrogens (tertiary/aromatic N) is 2. The van der Waals surface area contributed by atoms with Crippen LogP contribution in [0.2, 0.25) is 5.02 Å². The highest BCUT2D eigenvalue weighted by Gasteiger charge is 2.15. The average molecular weight is 450 g/mol. The minimum atomic E-state index is -0.733. The number of aliphatic hydroxyl groups is 1. The summed E-state index contributed by atoms with van der Waals surface area (Å²) in [6.07, 6.45) is -0.733. The molecule has 4 aromatic rings. The summed E-state index contributed by atoms with van der Waals surface area (Å²) < 4.78 is 7.61. The number of amides is 1. The summed E-state index contributed by atoms with van der Waals surface area (Å²) in [7, 11) is 0. The van der Waals surface area contributed by atoms with Gasteiger partial charge in [-0.1, -0.05) is 54.1 Å². The van der Waals surface area contributed by atoms with Gasteiger partial charge >= 0.3 is 0 Å². The minimum absolute atomic E-state index is 0.170. The number of nitrogens with one attached hydrogen (secondary N) is 1. The predicted octanol–water partition coefficient (Wildman–Crippen LogP) is 4.20. The molecular weight excluding hydrogens is 426 g/mol. The van der Waals surface area contributed by atoms with E-state index in [4.69, 9.17) is 16.3 Å². The minimum Gasteiger partial charge on any atom is -0.389 e. The second-order valence-corrected chi connectivity index (χ2v) is 7.91. The maximum absolute atomic E-state index is 12.4. The second kappa shape index (κ2) is 10.4. The zero-order chi connectivity index (χ0) is 22.3. The normalized spacial score (nSPS) is 12.1. The fourth-order valence-corrected chi connectivity index (χ4v) is 3.60. The molecule has 0 aliphatic heterocycles. The van der Waals surface area contributed by atoms with Crippen LogP contribution in [-0.4, -0.2) is 33.3 Å². The van der Waals surface area contributed by atoms with Crippen LogP contribution in [0.5, 0.6) is 0 Å². The summed E-state index contributed by atoms with van der Waals surface area (Å²) in [5.41, 5.74) is 3.28. The number of hydrogen-bond acceptors (Lipinski definition) is 4. The van der Waals surface area contributed by atoms with Gasteiger partial charge in [-0.15, -0.1) is 0 Å². The Bertz CT molecular complexity index is 1180. The lowest BCUT2D eigenvalue weighted by atomic mass is 10.2. The number of aliphatic hydroxyl groups excluding tert-OH is 1. The van der Waals surface area contributed by atoms with Crippen molar-refractivity contribution in [1.29, 1.82) is 0 Å². The lowest BCUT2D eigenvalue weighted by Crippen LogP contribution is -2.27. The molecule has 7 heteroatoms. The van der Waals surface area contributed by atoms with Crippen LogP contribution in [0.4, 0.5) is 0 Å². The summed E-state index contributed by atoms with van der Waals surface area (Å²) in [6, 6.07) is 24.2. The summed E-state index contributed by atoms with van der Waals surface area (Å²) in [5.74, 6) is 0.503. The predicted molar refractivity (Wildman–Crippen MR) is 124 cm³/mol. The van der Waals surface area contributed by atoms with Crippen molar-refractivity contribution in [3.05, 3.63) is 101 Å². The van der Waals surface area contributed by atoms with Gasteiger partial charge in [-0.3, -0.25) is 4.79 Å². The molecule has 164 valence electrons. The van der Waals surface area contributed by atoms with E-state index >= 15 is 0 Å². The maximum atomic E-state index is 12.4. The topological polar surface area (TPSA) is 76.4 Å². The second-order valence-electron chi connectivity index (χ2n) is 7.47. The van der Waals surface area contributed by atoms with Gasteiger partial charge in [0.1, 0.15) is 5.82 Å². The van der Waals surface area contributed by atoms with Crippen molar-refractivity contribution in [2.24, 2.45) is 0 Å². The highest BCUT2D eigenvalue weighted by molar-refractivity contribution is 6.30. The Morgan fingerprint density at radius 2 is 1.75 bits per heavy atom. The molecule has 6 nitrogen and oxygen atoms in total. The summed E-state index contributed by atoms with van der Waals surface area (Å²) in [5, 5.41) is 14.2. The maximum Gasteiger partial charge on any atom is 0.251 e. The fraction of sp³-hybridized carbons (Fsp3) is 0.200. The largest absolute Gasteiger partial charge is 0.389 e. The van der Waals surface area contributed by atoms with E-state index in [0.29, 0.717) is 29.6 Å². The van der Waals surface area contributed by atoms with E-state index in [-0.39, 0.29) is 19.1 Å². The van der Waals surface area contributed by atoms with Crippen LogP contribution in [0.1, 0.15) is 21.7 Å². The molecule has 3 aromatic carbocycles. The highest BCUT2D eigenvalue weighted by atomic mass is 35.5. The third-order valence-electron chi connectivity index (χ3n) is 5.06. The molecule has 0 aliphatic rings. The van der Waals surface area contributed by atoms with Crippen LogP contribution in [0.3, 0.4) is 0 Å². The number of para-hydroxylation sites is 2. The van der Waals surface area contributed by atoms with Crippen LogP contribution in [0.25, 0.3) is 11.0 Å². The van der Waals surface area contributed by atoms with Crippen molar-refractivity contribution >= 4 is 28.5 Å². The molecule has 0 saturated carbocycles. The summed E-state index contributed by atoms with van der Waals surface area (Å²) in [6.45, 7) is 1.11. The van der Waals surface area contributed by atoms with E-state index in [2.05, 4.69) is 10.3 Å². The quantitative estimate of drug-likeness (QED) is 0.401. The van der Waals surface area contributed by atoms with Crippen molar-refractivity contribution < 1.29 is 14.6 Å². The number of carbonyl (C=O) groups excluding carboxylic acids is 1. The van der Waals surface area contributed by atoms with Crippen LogP contribution in [0, 0.1) is 0 Å². The molecule has 4 rings (SSSR count). The van der Waals surface area contributed by atoms with Gasteiger partial charge in [-0.25, -0.2) is 4.98 Å². The van der Waals surface area contributed by atoms with Crippen molar-refractivity contribution in [3.8, 4) is 0 Å². The third-order valence-corrected chi connectivity index (χ3v) is 5.31. The summed E-state index contributed by atoms with van der Waals surface area (Å²) >= 11 is 5.90. The molecule has 1 amide bonds. The monoisotopic (exact) mass is 449 g/mol. The van der Waals surface area contributed by atoms with Crippen LogP contribution in [0.15, 0.2) is 78.9 Å². The van der Waals surface area contributed by atoms with E-state index in [1.165, 1.54) is 0 Å². The van der Waals surface area contributed by atoms with Gasteiger partial charge in [-0.05, 0) is 42.0 Å². The van der Waals surface area contributed by atoms with Gasteiger partial charge in [0.15, 0.2) is 0 Å². The van der Waals surface area contributed by atoms with Gasteiger partial charge in [0.05, 0.1) is 43.4 Å². The number of benzene rings is 3. The van der Waals surface area contributed by atoms with Gasteiger partial charge in [0, 0.05) is 10.6 Å². The first-order valence-electron chi connectivity index (χ1n) is 10.4. The molecule has 0 radical (unpaired) electrons. The molecule has 1 aromatic heterocycles. The molecule has 0 fully saturated rings.